The van der Waals surface area contributed by atoms with Gasteiger partial charge in [0.25, 0.3) is 5.91 Å². The summed E-state index contributed by atoms with van der Waals surface area (Å²) < 4.78 is 84.8. The zero-order valence-corrected chi connectivity index (χ0v) is 18.5. The summed E-state index contributed by atoms with van der Waals surface area (Å²) in [4.78, 5) is 40.1. The Balaban J connectivity index is 2.82. The highest BCUT2D eigenvalue weighted by molar-refractivity contribution is 5.97. The molecule has 1 aromatic rings. The van der Waals surface area contributed by atoms with Gasteiger partial charge >= 0.3 is 18.4 Å². The minimum absolute atomic E-state index is 0.0107. The van der Waals surface area contributed by atoms with E-state index in [0.717, 1.165) is 6.20 Å². The molecule has 0 bridgehead atoms. The van der Waals surface area contributed by atoms with Crippen molar-refractivity contribution in [2.45, 2.75) is 63.7 Å². The zero-order valence-electron chi connectivity index (χ0n) is 18.5. The number of halogens is 6. The number of ketones is 1. The van der Waals surface area contributed by atoms with Gasteiger partial charge < -0.3 is 20.1 Å². The number of ether oxygens (including phenoxy) is 2. The molecular formula is C20H25F6N3O5. The highest BCUT2D eigenvalue weighted by Crippen LogP contribution is 2.35. The van der Waals surface area contributed by atoms with Crippen LogP contribution >= 0.6 is 0 Å². The fourth-order valence-electron chi connectivity index (χ4n) is 2.50. The number of carbonyl (C=O) groups is 3. The van der Waals surface area contributed by atoms with Crippen LogP contribution < -0.4 is 10.6 Å². The quantitative estimate of drug-likeness (QED) is 0.375. The summed E-state index contributed by atoms with van der Waals surface area (Å²) in [5.41, 5.74) is -0.762. The minimum atomic E-state index is -5.79. The third-order valence-corrected chi connectivity index (χ3v) is 3.94. The van der Waals surface area contributed by atoms with E-state index in [4.69, 9.17) is 4.74 Å². The van der Waals surface area contributed by atoms with Gasteiger partial charge in [0, 0.05) is 18.9 Å². The van der Waals surface area contributed by atoms with Crippen molar-refractivity contribution in [3.8, 4) is 0 Å². The first-order valence-electron chi connectivity index (χ1n) is 9.96. The summed E-state index contributed by atoms with van der Waals surface area (Å²) in [7, 11) is 0. The first kappa shape index (κ1) is 29.1. The maximum absolute atomic E-state index is 12.7. The van der Waals surface area contributed by atoms with Crippen molar-refractivity contribution < 1.29 is 50.2 Å². The molecule has 1 heterocycles. The second-order valence-electron chi connectivity index (χ2n) is 8.08. The number of hydrogen-bond donors (Lipinski definition) is 2. The molecule has 8 nitrogen and oxygen atoms in total. The van der Waals surface area contributed by atoms with Crippen LogP contribution in [0.15, 0.2) is 24.5 Å². The van der Waals surface area contributed by atoms with Gasteiger partial charge in [-0.05, 0) is 45.7 Å². The smallest absolute Gasteiger partial charge is 0.423 e. The number of pyridine rings is 1. The number of amides is 2. The van der Waals surface area contributed by atoms with Crippen molar-refractivity contribution in [1.82, 2.24) is 15.6 Å². The van der Waals surface area contributed by atoms with Gasteiger partial charge in [0.05, 0.1) is 11.6 Å². The van der Waals surface area contributed by atoms with E-state index in [-0.39, 0.29) is 24.9 Å². The molecule has 0 aliphatic carbocycles. The Morgan fingerprint density at radius 3 is 2.18 bits per heavy atom. The molecule has 0 saturated heterocycles. The average Bonchev–Trinajstić information content (AvgIpc) is 2.67. The van der Waals surface area contributed by atoms with Crippen LogP contribution in [0.2, 0.25) is 0 Å². The topological polar surface area (TPSA) is 107 Å². The second kappa shape index (κ2) is 12.0. The minimum Gasteiger partial charge on any atom is -0.444 e. The second-order valence-corrected chi connectivity index (χ2v) is 8.08. The van der Waals surface area contributed by atoms with Gasteiger partial charge in [-0.2, -0.15) is 26.3 Å². The van der Waals surface area contributed by atoms with Gasteiger partial charge in [0.15, 0.2) is 5.78 Å². The lowest BCUT2D eigenvalue weighted by atomic mass is 10.1. The first-order chi connectivity index (χ1) is 15.5. The molecule has 0 spiro atoms. The van der Waals surface area contributed by atoms with Crippen LogP contribution in [-0.2, 0) is 14.3 Å². The Kier molecular flexibility index (Phi) is 10.3. The number of alkyl halides is 6. The number of nitrogens with one attached hydrogen (secondary N) is 2. The van der Waals surface area contributed by atoms with E-state index in [1.807, 2.05) is 0 Å². The van der Waals surface area contributed by atoms with Gasteiger partial charge in [0.2, 0.25) is 6.10 Å². The Morgan fingerprint density at radius 1 is 1.06 bits per heavy atom. The Hall–Kier alpha value is -2.90. The molecule has 1 aromatic heterocycles. The Labute approximate surface area is 191 Å². The summed E-state index contributed by atoms with van der Waals surface area (Å²) >= 11 is 0. The number of aromatic nitrogens is 1. The van der Waals surface area contributed by atoms with E-state index in [1.165, 1.54) is 18.3 Å². The third-order valence-electron chi connectivity index (χ3n) is 3.94. The van der Waals surface area contributed by atoms with Crippen molar-refractivity contribution in [2.75, 3.05) is 13.2 Å². The Morgan fingerprint density at radius 2 is 1.68 bits per heavy atom. The van der Waals surface area contributed by atoms with Crippen molar-refractivity contribution in [2.24, 2.45) is 0 Å². The van der Waals surface area contributed by atoms with Crippen molar-refractivity contribution in [3.63, 3.8) is 0 Å². The SMILES string of the molecule is CC(C)(C)OC(=O)NCCC[C@H](NC(=O)c1cccnc1)C(=O)COC(C(F)(F)F)C(F)(F)F. The molecule has 0 aromatic carbocycles. The van der Waals surface area contributed by atoms with Gasteiger partial charge in [-0.25, -0.2) is 4.79 Å². The normalized spacial score (nSPS) is 13.4. The number of rotatable bonds is 10. The molecule has 1 rings (SSSR count). The monoisotopic (exact) mass is 501 g/mol. The summed E-state index contributed by atoms with van der Waals surface area (Å²) in [5, 5.41) is 4.63. The molecule has 2 N–H and O–H groups in total. The molecule has 14 heteroatoms. The molecule has 34 heavy (non-hydrogen) atoms. The fourth-order valence-corrected chi connectivity index (χ4v) is 2.50. The first-order valence-corrected chi connectivity index (χ1v) is 9.96. The van der Waals surface area contributed by atoms with Gasteiger partial charge in [-0.15, -0.1) is 0 Å². The van der Waals surface area contributed by atoms with Crippen molar-refractivity contribution in [3.05, 3.63) is 30.1 Å². The third kappa shape index (κ3) is 10.8. The number of carbonyl (C=O) groups excluding carboxylic acids is 3. The number of hydrogen-bond acceptors (Lipinski definition) is 6. The molecule has 192 valence electrons. The Bertz CT molecular complexity index is 811. The van der Waals surface area contributed by atoms with E-state index in [9.17, 15) is 40.7 Å². The largest absolute Gasteiger partial charge is 0.444 e. The summed E-state index contributed by atoms with van der Waals surface area (Å²) in [6.07, 6.45) is -14.2. The standard InChI is InChI=1S/C20H25F6N3O5/c1-18(2,3)34-17(32)28-9-5-7-13(29-15(31)12-6-4-8-27-10-12)14(30)11-33-16(19(21,22)23)20(24,25)26/h4,6,8,10,13,16H,5,7,9,11H2,1-3H3,(H,28,32)(H,29,31)/t13-/m0/s1. The molecular weight excluding hydrogens is 476 g/mol. The molecule has 0 aliphatic rings. The highest BCUT2D eigenvalue weighted by Gasteiger charge is 2.58. The number of nitrogens with zero attached hydrogens (tertiary/aromatic N) is 1. The number of Topliss-reactive ketones (excluding diaryl/α,β-unsaturated/α-hetero) is 1. The van der Waals surface area contributed by atoms with Crippen molar-refractivity contribution >= 4 is 17.8 Å². The van der Waals surface area contributed by atoms with E-state index in [2.05, 4.69) is 20.4 Å². The van der Waals surface area contributed by atoms with Gasteiger partial charge in [0.1, 0.15) is 12.2 Å². The maximum Gasteiger partial charge on any atom is 0.423 e. The lowest BCUT2D eigenvalue weighted by Gasteiger charge is -2.24. The molecule has 1 atom stereocenters. The van der Waals surface area contributed by atoms with Gasteiger partial charge in [-0.1, -0.05) is 0 Å². The molecule has 0 radical (unpaired) electrons. The predicted octanol–water partition coefficient (Wildman–Crippen LogP) is 3.56. The van der Waals surface area contributed by atoms with Crippen molar-refractivity contribution in [1.29, 1.82) is 0 Å². The van der Waals surface area contributed by atoms with Crippen LogP contribution in [0.5, 0.6) is 0 Å². The van der Waals surface area contributed by atoms with Crippen LogP contribution in [0.1, 0.15) is 44.0 Å². The predicted molar refractivity (Wildman–Crippen MR) is 106 cm³/mol. The maximum atomic E-state index is 12.7. The van der Waals surface area contributed by atoms with Crippen LogP contribution in [-0.4, -0.2) is 66.0 Å². The van der Waals surface area contributed by atoms with Crippen LogP contribution in [0, 0.1) is 0 Å². The van der Waals surface area contributed by atoms with E-state index < -0.39 is 54.5 Å². The highest BCUT2D eigenvalue weighted by atomic mass is 19.4. The lowest BCUT2D eigenvalue weighted by molar-refractivity contribution is -0.319. The number of alkyl carbamates (subject to hydrolysis) is 1. The van der Waals surface area contributed by atoms with Gasteiger partial charge in [-0.3, -0.25) is 14.6 Å². The molecule has 0 fully saturated rings. The molecule has 0 saturated carbocycles. The van der Waals surface area contributed by atoms with Crippen LogP contribution in [0.25, 0.3) is 0 Å². The summed E-state index contributed by atoms with van der Waals surface area (Å²) in [6, 6.07) is 1.26. The van der Waals surface area contributed by atoms with Crippen LogP contribution in [0.4, 0.5) is 31.1 Å². The lowest BCUT2D eigenvalue weighted by Crippen LogP contribution is -2.48. The zero-order chi connectivity index (χ0) is 26.2. The van der Waals surface area contributed by atoms with E-state index in [0.29, 0.717) is 0 Å². The van der Waals surface area contributed by atoms with E-state index in [1.54, 1.807) is 20.8 Å². The molecule has 0 aliphatic heterocycles. The van der Waals surface area contributed by atoms with Crippen LogP contribution in [0.3, 0.4) is 0 Å². The molecule has 2 amide bonds. The average molecular weight is 501 g/mol. The van der Waals surface area contributed by atoms with E-state index >= 15 is 0 Å². The summed E-state index contributed by atoms with van der Waals surface area (Å²) in [5.74, 6) is -2.04. The fraction of sp³-hybridized carbons (Fsp3) is 0.600. The molecule has 0 unspecified atom stereocenters. The summed E-state index contributed by atoms with van der Waals surface area (Å²) in [6.45, 7) is 3.29.